The average molecular weight is 501 g/mol. The molecule has 0 radical (unpaired) electrons. The Kier molecular flexibility index (Phi) is 6.48. The smallest absolute Gasteiger partial charge is 0.178 e. The number of carbonyl (C=O) groups excluding carboxylic acids is 1. The normalized spacial score (nSPS) is 13.0. The van der Waals surface area contributed by atoms with Crippen molar-refractivity contribution in [1.29, 1.82) is 0 Å². The summed E-state index contributed by atoms with van der Waals surface area (Å²) >= 11 is 0. The Morgan fingerprint density at radius 1 is 0.737 bits per heavy atom. The molecule has 0 spiro atoms. The van der Waals surface area contributed by atoms with Crippen molar-refractivity contribution in [1.82, 2.24) is 0 Å². The van der Waals surface area contributed by atoms with Gasteiger partial charge >= 0.3 is 0 Å². The summed E-state index contributed by atoms with van der Waals surface area (Å²) in [6, 6.07) is 30.7. The molecule has 0 aliphatic carbocycles. The van der Waals surface area contributed by atoms with E-state index < -0.39 is 5.41 Å². The monoisotopic (exact) mass is 500 g/mol. The second-order valence-corrected chi connectivity index (χ2v) is 9.53. The van der Waals surface area contributed by atoms with Gasteiger partial charge in [0.15, 0.2) is 5.78 Å². The molecule has 3 N–H and O–H groups in total. The van der Waals surface area contributed by atoms with E-state index in [4.69, 9.17) is 0 Å². The van der Waals surface area contributed by atoms with Crippen LogP contribution in [-0.2, 0) is 5.41 Å². The lowest BCUT2D eigenvalue weighted by molar-refractivity contribution is 0.0921. The van der Waals surface area contributed by atoms with Crippen molar-refractivity contribution in [2.75, 3.05) is 0 Å². The van der Waals surface area contributed by atoms with Crippen molar-refractivity contribution in [2.24, 2.45) is 0 Å². The molecule has 4 heteroatoms. The second-order valence-electron chi connectivity index (χ2n) is 9.53. The van der Waals surface area contributed by atoms with Gasteiger partial charge in [0.25, 0.3) is 0 Å². The van der Waals surface area contributed by atoms with Gasteiger partial charge < -0.3 is 15.3 Å². The van der Waals surface area contributed by atoms with E-state index in [1.54, 1.807) is 48.5 Å². The first-order valence-electron chi connectivity index (χ1n) is 12.4. The van der Waals surface area contributed by atoms with Gasteiger partial charge in [0.05, 0.1) is 5.41 Å². The fourth-order valence-corrected chi connectivity index (χ4v) is 5.19. The van der Waals surface area contributed by atoms with E-state index in [9.17, 15) is 20.1 Å². The molecule has 5 rings (SSSR count). The number of Topliss-reactive ketones (excluding diaryl/α,β-unsaturated/α-hetero) is 1. The van der Waals surface area contributed by atoms with Crippen LogP contribution in [0.15, 0.2) is 109 Å². The number of fused-ring (bicyclic) bond motifs is 1. The number of phenolic OH excluding ortho intramolecular Hbond substituents is 3. The molecule has 5 aromatic carbocycles. The van der Waals surface area contributed by atoms with Gasteiger partial charge in [0.2, 0.25) is 0 Å². The van der Waals surface area contributed by atoms with Gasteiger partial charge in [-0.1, -0.05) is 78.9 Å². The maximum Gasteiger partial charge on any atom is 0.178 e. The fourth-order valence-electron chi connectivity index (χ4n) is 5.19. The van der Waals surface area contributed by atoms with E-state index in [0.29, 0.717) is 33.0 Å². The molecule has 1 atom stereocenters. The summed E-state index contributed by atoms with van der Waals surface area (Å²) in [6.07, 6.45) is 3.60. The highest BCUT2D eigenvalue weighted by Gasteiger charge is 2.41. The summed E-state index contributed by atoms with van der Waals surface area (Å²) in [5.74, 6) is -0.0817. The Hall–Kier alpha value is -4.83. The standard InChI is InChI=1S/C34H28O4/c1-3-7-24-20-28(36)16-18-30(24)33(38)34(2,26-13-10-23(11-14-26)22-8-5-4-6-9-22)32-29-17-15-27(35)21-25(29)12-19-31(32)37/h3-21,35-37H,1-2H3/b7-3-. The molecule has 1 unspecified atom stereocenters. The SMILES string of the molecule is C/C=C\c1cc(O)ccc1C(=O)C(C)(c1ccc(-c2ccccc2)cc1)c1c(O)ccc2cc(O)ccc12. The first kappa shape index (κ1) is 24.8. The van der Waals surface area contributed by atoms with Crippen molar-refractivity contribution in [2.45, 2.75) is 19.3 Å². The third-order valence-electron chi connectivity index (χ3n) is 7.13. The number of carbonyl (C=O) groups is 1. The largest absolute Gasteiger partial charge is 0.508 e. The molecule has 0 fully saturated rings. The molecule has 0 aromatic heterocycles. The summed E-state index contributed by atoms with van der Waals surface area (Å²) in [5.41, 5.74) is 2.93. The Bertz CT molecular complexity index is 1670. The fraction of sp³-hybridized carbons (Fsp3) is 0.0882. The minimum atomic E-state index is -1.30. The lowest BCUT2D eigenvalue weighted by atomic mass is 9.68. The zero-order valence-corrected chi connectivity index (χ0v) is 21.2. The predicted octanol–water partition coefficient (Wildman–Crippen LogP) is 7.85. The average Bonchev–Trinajstić information content (AvgIpc) is 2.93. The van der Waals surface area contributed by atoms with Crippen molar-refractivity contribution in [3.05, 3.63) is 131 Å². The number of allylic oxidation sites excluding steroid dienone is 1. The summed E-state index contributed by atoms with van der Waals surface area (Å²) in [4.78, 5) is 14.6. The van der Waals surface area contributed by atoms with Crippen LogP contribution < -0.4 is 0 Å². The number of aromatic hydroxyl groups is 3. The third-order valence-corrected chi connectivity index (χ3v) is 7.13. The summed E-state index contributed by atoms with van der Waals surface area (Å²) < 4.78 is 0. The first-order chi connectivity index (χ1) is 18.3. The molecule has 0 aliphatic rings. The number of phenols is 3. The van der Waals surface area contributed by atoms with Gasteiger partial charge in [0.1, 0.15) is 17.2 Å². The van der Waals surface area contributed by atoms with Crippen LogP contribution in [-0.4, -0.2) is 21.1 Å². The van der Waals surface area contributed by atoms with E-state index in [0.717, 1.165) is 11.1 Å². The lowest BCUT2D eigenvalue weighted by Gasteiger charge is -2.32. The topological polar surface area (TPSA) is 77.8 Å². The molecule has 4 nitrogen and oxygen atoms in total. The molecule has 0 saturated heterocycles. The Morgan fingerprint density at radius 3 is 2.11 bits per heavy atom. The Morgan fingerprint density at radius 2 is 1.39 bits per heavy atom. The Labute approximate surface area is 221 Å². The van der Waals surface area contributed by atoms with Crippen molar-refractivity contribution < 1.29 is 20.1 Å². The van der Waals surface area contributed by atoms with Crippen LogP contribution in [0, 0.1) is 0 Å². The van der Waals surface area contributed by atoms with Crippen LogP contribution in [0.25, 0.3) is 28.0 Å². The first-order valence-corrected chi connectivity index (χ1v) is 12.4. The molecule has 0 aliphatic heterocycles. The number of ketones is 1. The predicted molar refractivity (Wildman–Crippen MR) is 153 cm³/mol. The zero-order chi connectivity index (χ0) is 26.9. The molecule has 0 heterocycles. The number of benzene rings is 5. The minimum absolute atomic E-state index is 0.0162. The highest BCUT2D eigenvalue weighted by atomic mass is 16.3. The quantitative estimate of drug-likeness (QED) is 0.208. The maximum atomic E-state index is 14.6. The summed E-state index contributed by atoms with van der Waals surface area (Å²) in [6.45, 7) is 3.67. The highest BCUT2D eigenvalue weighted by Crippen LogP contribution is 2.45. The number of hydrogen-bond acceptors (Lipinski definition) is 4. The van der Waals surface area contributed by atoms with E-state index in [2.05, 4.69) is 0 Å². The van der Waals surface area contributed by atoms with Crippen LogP contribution in [0.5, 0.6) is 17.2 Å². The van der Waals surface area contributed by atoms with Crippen LogP contribution in [0.3, 0.4) is 0 Å². The third kappa shape index (κ3) is 4.31. The minimum Gasteiger partial charge on any atom is -0.508 e. The van der Waals surface area contributed by atoms with Crippen LogP contribution in [0.1, 0.15) is 40.9 Å². The molecule has 0 amide bonds. The van der Waals surface area contributed by atoms with Crippen LogP contribution in [0.4, 0.5) is 0 Å². The van der Waals surface area contributed by atoms with E-state index in [1.165, 1.54) is 6.07 Å². The molecule has 0 bridgehead atoms. The molecule has 5 aromatic rings. The highest BCUT2D eigenvalue weighted by molar-refractivity contribution is 6.11. The van der Waals surface area contributed by atoms with Gasteiger partial charge in [0, 0.05) is 11.1 Å². The van der Waals surface area contributed by atoms with E-state index in [-0.39, 0.29) is 23.0 Å². The number of hydrogen-bond donors (Lipinski definition) is 3. The molecular formula is C34H28O4. The summed E-state index contributed by atoms with van der Waals surface area (Å²) in [7, 11) is 0. The Balaban J connectivity index is 1.79. The van der Waals surface area contributed by atoms with Crippen molar-refractivity contribution in [3.63, 3.8) is 0 Å². The lowest BCUT2D eigenvalue weighted by Crippen LogP contribution is -2.35. The van der Waals surface area contributed by atoms with E-state index >= 15 is 0 Å². The number of rotatable bonds is 6. The van der Waals surface area contributed by atoms with Gasteiger partial charge in [-0.3, -0.25) is 4.79 Å². The molecule has 38 heavy (non-hydrogen) atoms. The molecule has 188 valence electrons. The van der Waals surface area contributed by atoms with Gasteiger partial charge in [-0.15, -0.1) is 0 Å². The van der Waals surface area contributed by atoms with Crippen molar-refractivity contribution in [3.8, 4) is 28.4 Å². The van der Waals surface area contributed by atoms with Gasteiger partial charge in [-0.05, 0) is 83.3 Å². The second kappa shape index (κ2) is 9.91. The molecule has 0 saturated carbocycles. The van der Waals surface area contributed by atoms with Crippen LogP contribution in [0.2, 0.25) is 0 Å². The molecular weight excluding hydrogens is 472 g/mol. The summed E-state index contributed by atoms with van der Waals surface area (Å²) in [5, 5.41) is 32.8. The van der Waals surface area contributed by atoms with Gasteiger partial charge in [-0.2, -0.15) is 0 Å². The van der Waals surface area contributed by atoms with E-state index in [1.807, 2.05) is 74.5 Å². The maximum absolute atomic E-state index is 14.6. The zero-order valence-electron chi connectivity index (χ0n) is 21.2. The van der Waals surface area contributed by atoms with Gasteiger partial charge in [-0.25, -0.2) is 0 Å². The van der Waals surface area contributed by atoms with Crippen molar-refractivity contribution >= 4 is 22.6 Å². The van der Waals surface area contributed by atoms with Crippen LogP contribution >= 0.6 is 0 Å².